The minimum atomic E-state index is -0.475. The van der Waals surface area contributed by atoms with E-state index in [4.69, 9.17) is 14.3 Å². The second-order valence-corrected chi connectivity index (χ2v) is 9.92. The maximum atomic E-state index is 12.9. The van der Waals surface area contributed by atoms with Crippen LogP contribution in [0.1, 0.15) is 50.8 Å². The summed E-state index contributed by atoms with van der Waals surface area (Å²) >= 11 is 0. The van der Waals surface area contributed by atoms with Crippen LogP contribution in [0, 0.1) is 11.3 Å². The van der Waals surface area contributed by atoms with Crippen LogP contribution >= 0.6 is 0 Å². The van der Waals surface area contributed by atoms with E-state index in [2.05, 4.69) is 6.07 Å². The van der Waals surface area contributed by atoms with Crippen molar-refractivity contribution in [1.29, 1.82) is 5.26 Å². The Hall–Kier alpha value is -4.37. The molecule has 3 aromatic carbocycles. The van der Waals surface area contributed by atoms with E-state index < -0.39 is 17.7 Å². The summed E-state index contributed by atoms with van der Waals surface area (Å²) in [6, 6.07) is 20.6. The number of carbonyl (C=O) groups excluding carboxylic acids is 2. The number of hydroxylamine groups is 2. The van der Waals surface area contributed by atoms with E-state index in [0.29, 0.717) is 41.1 Å². The van der Waals surface area contributed by atoms with Gasteiger partial charge in [-0.3, -0.25) is 4.84 Å². The van der Waals surface area contributed by atoms with Gasteiger partial charge in [0, 0.05) is 6.42 Å². The highest BCUT2D eigenvalue weighted by Gasteiger charge is 2.34. The van der Waals surface area contributed by atoms with Gasteiger partial charge >= 0.3 is 5.97 Å². The SMILES string of the molecule is CCOC(=O)C(=Cc1ccc2ccc(C#N)cc2c1)c1ccc(O[C@H]2CCN(OC(C)(C)C)C2=C=O)cc1. The summed E-state index contributed by atoms with van der Waals surface area (Å²) in [5.41, 5.74) is 2.32. The first kappa shape index (κ1) is 26.7. The molecule has 1 atom stereocenters. The predicted molar refractivity (Wildman–Crippen MR) is 145 cm³/mol. The Morgan fingerprint density at radius 3 is 2.47 bits per heavy atom. The van der Waals surface area contributed by atoms with E-state index in [1.54, 1.807) is 48.4 Å². The number of rotatable bonds is 7. The van der Waals surface area contributed by atoms with Gasteiger partial charge in [0.25, 0.3) is 0 Å². The average Bonchev–Trinajstić information content (AvgIpc) is 3.26. The van der Waals surface area contributed by atoms with Crippen molar-refractivity contribution in [2.24, 2.45) is 0 Å². The molecule has 0 unspecified atom stereocenters. The van der Waals surface area contributed by atoms with Crippen molar-refractivity contribution in [2.75, 3.05) is 13.2 Å². The summed E-state index contributed by atoms with van der Waals surface area (Å²) in [6.45, 7) is 8.28. The van der Waals surface area contributed by atoms with E-state index >= 15 is 0 Å². The van der Waals surface area contributed by atoms with Gasteiger partial charge < -0.3 is 9.47 Å². The summed E-state index contributed by atoms with van der Waals surface area (Å²) < 4.78 is 11.4. The fourth-order valence-electron chi connectivity index (χ4n) is 4.25. The predicted octanol–water partition coefficient (Wildman–Crippen LogP) is 5.71. The zero-order chi connectivity index (χ0) is 27.3. The van der Waals surface area contributed by atoms with Crippen molar-refractivity contribution in [1.82, 2.24) is 5.06 Å². The number of nitrogens with zero attached hydrogens (tertiary/aromatic N) is 2. The number of carbonyl (C=O) groups is 1. The third kappa shape index (κ3) is 6.30. The molecule has 0 saturated carbocycles. The van der Waals surface area contributed by atoms with Gasteiger partial charge in [-0.2, -0.15) is 5.26 Å². The standard InChI is InChI=1S/C31H30N2O5/c1-5-36-30(35)27(18-21-6-8-23-9-7-22(19-32)17-25(23)16-21)24-10-12-26(13-11-24)37-29-14-15-33(28(29)20-34)38-31(2,3)4/h6-13,16-18,29H,5,14-15H2,1-4H3/t29-/m0/s1. The van der Waals surface area contributed by atoms with E-state index in [9.17, 15) is 14.9 Å². The molecule has 1 aliphatic rings. The first-order valence-corrected chi connectivity index (χ1v) is 12.5. The maximum Gasteiger partial charge on any atom is 0.338 e. The summed E-state index contributed by atoms with van der Waals surface area (Å²) in [5.74, 6) is 2.08. The number of hydrogen-bond donors (Lipinski definition) is 0. The van der Waals surface area contributed by atoms with Gasteiger partial charge in [0.2, 0.25) is 0 Å². The van der Waals surface area contributed by atoms with Crippen molar-refractivity contribution in [3.8, 4) is 11.8 Å². The van der Waals surface area contributed by atoms with Crippen molar-refractivity contribution in [2.45, 2.75) is 45.8 Å². The van der Waals surface area contributed by atoms with Crippen molar-refractivity contribution in [3.63, 3.8) is 0 Å². The molecule has 1 aliphatic heterocycles. The van der Waals surface area contributed by atoms with E-state index in [1.807, 2.05) is 57.0 Å². The zero-order valence-electron chi connectivity index (χ0n) is 22.0. The molecule has 38 heavy (non-hydrogen) atoms. The first-order chi connectivity index (χ1) is 18.2. The Labute approximate surface area is 222 Å². The van der Waals surface area contributed by atoms with Crippen LogP contribution in [-0.4, -0.2) is 41.8 Å². The van der Waals surface area contributed by atoms with Crippen molar-refractivity contribution >= 4 is 34.3 Å². The Balaban J connectivity index is 1.58. The average molecular weight is 511 g/mol. The Kier molecular flexibility index (Phi) is 7.97. The lowest BCUT2D eigenvalue weighted by molar-refractivity contribution is -0.198. The fourth-order valence-corrected chi connectivity index (χ4v) is 4.25. The lowest BCUT2D eigenvalue weighted by Crippen LogP contribution is -2.32. The van der Waals surface area contributed by atoms with Gasteiger partial charge in [-0.25, -0.2) is 14.7 Å². The summed E-state index contributed by atoms with van der Waals surface area (Å²) in [7, 11) is 0. The number of nitriles is 1. The van der Waals surface area contributed by atoms with Gasteiger partial charge in [0.05, 0.1) is 36.0 Å². The molecule has 4 rings (SSSR count). The van der Waals surface area contributed by atoms with Gasteiger partial charge in [0.15, 0.2) is 17.7 Å². The van der Waals surface area contributed by atoms with Crippen molar-refractivity contribution in [3.05, 3.63) is 83.1 Å². The highest BCUT2D eigenvalue weighted by molar-refractivity contribution is 6.21. The highest BCUT2D eigenvalue weighted by atomic mass is 16.7. The molecule has 0 N–H and O–H groups in total. The van der Waals surface area contributed by atoms with Gasteiger partial charge in [-0.05, 0) is 86.0 Å². The molecular formula is C31H30N2O5. The molecule has 1 saturated heterocycles. The largest absolute Gasteiger partial charge is 0.483 e. The third-order valence-electron chi connectivity index (χ3n) is 5.90. The van der Waals surface area contributed by atoms with Gasteiger partial charge in [-0.15, -0.1) is 0 Å². The molecule has 0 radical (unpaired) electrons. The molecule has 1 fully saturated rings. The second-order valence-electron chi connectivity index (χ2n) is 9.92. The number of ether oxygens (including phenoxy) is 2. The Bertz CT molecular complexity index is 1450. The Morgan fingerprint density at radius 2 is 1.82 bits per heavy atom. The van der Waals surface area contributed by atoms with Gasteiger partial charge in [0.1, 0.15) is 5.75 Å². The van der Waals surface area contributed by atoms with E-state index in [0.717, 1.165) is 16.3 Å². The molecule has 3 aromatic rings. The van der Waals surface area contributed by atoms with Crippen LogP contribution in [0.4, 0.5) is 0 Å². The lowest BCUT2D eigenvalue weighted by Gasteiger charge is -2.27. The second kappa shape index (κ2) is 11.4. The monoisotopic (exact) mass is 510 g/mol. The normalized spacial score (nSPS) is 15.8. The topological polar surface area (TPSA) is 88.9 Å². The van der Waals surface area contributed by atoms with Crippen LogP contribution in [0.15, 0.2) is 66.4 Å². The molecule has 7 heteroatoms. The van der Waals surface area contributed by atoms with Crippen LogP contribution in [0.25, 0.3) is 22.4 Å². The molecule has 0 aromatic heterocycles. The highest BCUT2D eigenvalue weighted by Crippen LogP contribution is 2.30. The third-order valence-corrected chi connectivity index (χ3v) is 5.90. The summed E-state index contributed by atoms with van der Waals surface area (Å²) in [6.07, 6.45) is 1.89. The first-order valence-electron chi connectivity index (χ1n) is 12.5. The summed E-state index contributed by atoms with van der Waals surface area (Å²) in [4.78, 5) is 30.4. The van der Waals surface area contributed by atoms with E-state index in [1.165, 1.54) is 0 Å². The minimum Gasteiger partial charge on any atom is -0.483 e. The smallest absolute Gasteiger partial charge is 0.338 e. The molecule has 0 aliphatic carbocycles. The van der Waals surface area contributed by atoms with Crippen molar-refractivity contribution < 1.29 is 23.9 Å². The van der Waals surface area contributed by atoms with E-state index in [-0.39, 0.29) is 6.61 Å². The molecule has 7 nitrogen and oxygen atoms in total. The van der Waals surface area contributed by atoms with Crippen LogP contribution in [0.2, 0.25) is 0 Å². The maximum absolute atomic E-state index is 12.9. The number of fused-ring (bicyclic) bond motifs is 1. The molecule has 0 bridgehead atoms. The van der Waals surface area contributed by atoms with Crippen LogP contribution in [0.5, 0.6) is 5.75 Å². The number of benzene rings is 3. The van der Waals surface area contributed by atoms with Crippen LogP contribution in [0.3, 0.4) is 0 Å². The summed E-state index contributed by atoms with van der Waals surface area (Å²) in [5, 5.41) is 12.7. The Morgan fingerprint density at radius 1 is 1.08 bits per heavy atom. The molecule has 0 amide bonds. The van der Waals surface area contributed by atoms with Gasteiger partial charge in [-0.1, -0.05) is 30.3 Å². The van der Waals surface area contributed by atoms with Crippen LogP contribution < -0.4 is 4.74 Å². The lowest BCUT2D eigenvalue weighted by atomic mass is 10.00. The van der Waals surface area contributed by atoms with Crippen LogP contribution in [-0.2, 0) is 19.2 Å². The molecular weight excluding hydrogens is 480 g/mol. The number of esters is 1. The zero-order valence-corrected chi connectivity index (χ0v) is 22.0. The molecule has 1 heterocycles. The quantitative estimate of drug-likeness (QED) is 0.174. The molecule has 0 spiro atoms. The number of hydrogen-bond acceptors (Lipinski definition) is 7. The minimum absolute atomic E-state index is 0.246. The molecule has 194 valence electrons. The fraction of sp³-hybridized carbons (Fsp3) is 0.290.